The second-order valence-electron chi connectivity index (χ2n) is 8.46. The summed E-state index contributed by atoms with van der Waals surface area (Å²) in [6, 6.07) is 11.5. The third-order valence-corrected chi connectivity index (χ3v) is 5.93. The Morgan fingerprint density at radius 1 is 1.10 bits per heavy atom. The van der Waals surface area contributed by atoms with E-state index in [9.17, 15) is 9.59 Å². The molecule has 0 spiro atoms. The lowest BCUT2D eigenvalue weighted by atomic mass is 9.99. The number of hydrogen-bond donors (Lipinski definition) is 1. The molecule has 30 heavy (non-hydrogen) atoms. The molecule has 2 amide bonds. The maximum Gasteiger partial charge on any atom is 0.253 e. The molecule has 7 heteroatoms. The van der Waals surface area contributed by atoms with E-state index >= 15 is 0 Å². The maximum absolute atomic E-state index is 12.8. The van der Waals surface area contributed by atoms with Crippen molar-refractivity contribution in [2.75, 3.05) is 18.4 Å². The summed E-state index contributed by atoms with van der Waals surface area (Å²) >= 11 is 0. The normalized spacial score (nSPS) is 19.1. The molecule has 3 heterocycles. The predicted molar refractivity (Wildman–Crippen MR) is 114 cm³/mol. The number of pyridine rings is 1. The molecular formula is C23H25N5O2. The van der Waals surface area contributed by atoms with E-state index in [4.69, 9.17) is 0 Å². The Bertz CT molecular complexity index is 1100. The Kier molecular flexibility index (Phi) is 4.73. The zero-order valence-corrected chi connectivity index (χ0v) is 17.0. The van der Waals surface area contributed by atoms with Gasteiger partial charge in [-0.15, -0.1) is 5.10 Å². The first-order chi connectivity index (χ1) is 14.6. The smallest absolute Gasteiger partial charge is 0.253 e. The topological polar surface area (TPSA) is 79.6 Å². The summed E-state index contributed by atoms with van der Waals surface area (Å²) in [5.41, 5.74) is 3.24. The fraction of sp³-hybridized carbons (Fsp3) is 0.391. The van der Waals surface area contributed by atoms with Gasteiger partial charge in [0.15, 0.2) is 5.65 Å². The van der Waals surface area contributed by atoms with Gasteiger partial charge in [-0.1, -0.05) is 19.1 Å². The number of nitrogens with zero attached hydrogens (tertiary/aromatic N) is 4. The number of benzene rings is 1. The fourth-order valence-electron chi connectivity index (χ4n) is 4.09. The summed E-state index contributed by atoms with van der Waals surface area (Å²) in [7, 11) is 0. The molecule has 5 rings (SSSR count). The van der Waals surface area contributed by atoms with Crippen LogP contribution in [-0.2, 0) is 4.79 Å². The molecule has 154 valence electrons. The lowest BCUT2D eigenvalue weighted by molar-refractivity contribution is -0.117. The van der Waals surface area contributed by atoms with Crippen LogP contribution in [0.5, 0.6) is 0 Å². The second kappa shape index (κ2) is 7.55. The van der Waals surface area contributed by atoms with Gasteiger partial charge in [-0.05, 0) is 61.4 Å². The highest BCUT2D eigenvalue weighted by atomic mass is 16.2. The van der Waals surface area contributed by atoms with Crippen LogP contribution in [0.2, 0.25) is 0 Å². The van der Waals surface area contributed by atoms with Crippen molar-refractivity contribution < 1.29 is 9.59 Å². The van der Waals surface area contributed by atoms with Crippen molar-refractivity contribution in [3.63, 3.8) is 0 Å². The molecule has 1 aliphatic heterocycles. The number of hydrogen-bond acceptors (Lipinski definition) is 4. The van der Waals surface area contributed by atoms with Crippen LogP contribution in [0.1, 0.15) is 43.0 Å². The van der Waals surface area contributed by atoms with Crippen LogP contribution < -0.4 is 5.32 Å². The lowest BCUT2D eigenvalue weighted by Crippen LogP contribution is -2.39. The average Bonchev–Trinajstić information content (AvgIpc) is 3.53. The SMILES string of the molecule is CC1CCCN(C(=O)c2ccc(-c3cccn4nc(NC(=O)C5CC5)nc34)cc2)C1. The molecule has 1 aromatic carbocycles. The van der Waals surface area contributed by atoms with Crippen molar-refractivity contribution >= 4 is 23.4 Å². The molecule has 3 aromatic rings. The minimum atomic E-state index is -0.0117. The highest BCUT2D eigenvalue weighted by Gasteiger charge is 2.30. The molecule has 1 saturated carbocycles. The summed E-state index contributed by atoms with van der Waals surface area (Å²) in [4.78, 5) is 31.3. The van der Waals surface area contributed by atoms with Gasteiger partial charge < -0.3 is 4.90 Å². The van der Waals surface area contributed by atoms with Gasteiger partial charge in [0.2, 0.25) is 11.9 Å². The molecule has 1 unspecified atom stereocenters. The van der Waals surface area contributed by atoms with E-state index in [1.165, 1.54) is 6.42 Å². The number of likely N-dealkylation sites (tertiary alicyclic amines) is 1. The van der Waals surface area contributed by atoms with E-state index in [0.717, 1.165) is 43.5 Å². The Labute approximate surface area is 175 Å². The van der Waals surface area contributed by atoms with E-state index in [1.807, 2.05) is 47.5 Å². The molecule has 0 bridgehead atoms. The first-order valence-corrected chi connectivity index (χ1v) is 10.6. The standard InChI is InChI=1S/C23H25N5O2/c1-15-4-2-12-27(14-15)22(30)18-10-6-16(7-11-18)19-5-3-13-28-20(19)24-23(26-28)25-21(29)17-8-9-17/h3,5-7,10-11,13,15,17H,2,4,8-9,12,14H2,1H3,(H,25,26,29). The largest absolute Gasteiger partial charge is 0.338 e. The molecule has 2 aromatic heterocycles. The van der Waals surface area contributed by atoms with Crippen LogP contribution in [0.4, 0.5) is 5.95 Å². The minimum Gasteiger partial charge on any atom is -0.338 e. The van der Waals surface area contributed by atoms with Crippen LogP contribution in [0.25, 0.3) is 16.8 Å². The van der Waals surface area contributed by atoms with Gasteiger partial charge in [0.25, 0.3) is 5.91 Å². The van der Waals surface area contributed by atoms with Crippen LogP contribution in [0, 0.1) is 11.8 Å². The number of rotatable bonds is 4. The summed E-state index contributed by atoms with van der Waals surface area (Å²) in [5.74, 6) is 1.07. The van der Waals surface area contributed by atoms with Crippen molar-refractivity contribution in [1.29, 1.82) is 0 Å². The van der Waals surface area contributed by atoms with E-state index in [1.54, 1.807) is 4.52 Å². The van der Waals surface area contributed by atoms with Gasteiger partial charge in [-0.3, -0.25) is 14.9 Å². The summed E-state index contributed by atoms with van der Waals surface area (Å²) in [5, 5.41) is 7.18. The first-order valence-electron chi connectivity index (χ1n) is 10.6. The number of fused-ring (bicyclic) bond motifs is 1. The number of carbonyl (C=O) groups excluding carboxylic acids is 2. The molecule has 1 atom stereocenters. The maximum atomic E-state index is 12.8. The first kappa shape index (κ1) is 18.8. The average molecular weight is 403 g/mol. The Hall–Kier alpha value is -3.22. The molecule has 2 aliphatic rings. The van der Waals surface area contributed by atoms with Gasteiger partial charge in [0.05, 0.1) is 0 Å². The molecule has 1 aliphatic carbocycles. The third kappa shape index (κ3) is 3.67. The van der Waals surface area contributed by atoms with Crippen LogP contribution >= 0.6 is 0 Å². The molecule has 7 nitrogen and oxygen atoms in total. The van der Waals surface area contributed by atoms with E-state index < -0.39 is 0 Å². The molecule has 1 N–H and O–H groups in total. The predicted octanol–water partition coefficient (Wildman–Crippen LogP) is 3.62. The van der Waals surface area contributed by atoms with Crippen molar-refractivity contribution in [2.24, 2.45) is 11.8 Å². The molecule has 2 fully saturated rings. The quantitative estimate of drug-likeness (QED) is 0.722. The van der Waals surface area contributed by atoms with Crippen molar-refractivity contribution in [3.05, 3.63) is 48.2 Å². The monoisotopic (exact) mass is 403 g/mol. The van der Waals surface area contributed by atoms with Crippen molar-refractivity contribution in [1.82, 2.24) is 19.5 Å². The number of aromatic nitrogens is 3. The number of amides is 2. The highest BCUT2D eigenvalue weighted by Crippen LogP contribution is 2.30. The van der Waals surface area contributed by atoms with Gasteiger partial charge in [0.1, 0.15) is 0 Å². The fourth-order valence-corrected chi connectivity index (χ4v) is 4.09. The van der Waals surface area contributed by atoms with Crippen LogP contribution in [0.15, 0.2) is 42.6 Å². The van der Waals surface area contributed by atoms with E-state index in [2.05, 4.69) is 22.3 Å². The highest BCUT2D eigenvalue weighted by molar-refractivity contribution is 5.95. The van der Waals surface area contributed by atoms with E-state index in [0.29, 0.717) is 23.1 Å². The second-order valence-corrected chi connectivity index (χ2v) is 8.46. The third-order valence-electron chi connectivity index (χ3n) is 5.93. The summed E-state index contributed by atoms with van der Waals surface area (Å²) in [6.45, 7) is 3.86. The van der Waals surface area contributed by atoms with Crippen LogP contribution in [-0.4, -0.2) is 44.4 Å². The molecule has 1 saturated heterocycles. The lowest BCUT2D eigenvalue weighted by Gasteiger charge is -2.31. The van der Waals surface area contributed by atoms with Gasteiger partial charge in [-0.2, -0.15) is 4.98 Å². The summed E-state index contributed by atoms with van der Waals surface area (Å²) < 4.78 is 1.67. The van der Waals surface area contributed by atoms with Gasteiger partial charge >= 0.3 is 0 Å². The van der Waals surface area contributed by atoms with Crippen molar-refractivity contribution in [2.45, 2.75) is 32.6 Å². The Balaban J connectivity index is 1.39. The van der Waals surface area contributed by atoms with Crippen molar-refractivity contribution in [3.8, 4) is 11.1 Å². The van der Waals surface area contributed by atoms with E-state index in [-0.39, 0.29) is 17.7 Å². The van der Waals surface area contributed by atoms with Gasteiger partial charge in [-0.25, -0.2) is 4.52 Å². The number of nitrogens with one attached hydrogen (secondary N) is 1. The zero-order chi connectivity index (χ0) is 20.7. The molecule has 0 radical (unpaired) electrons. The summed E-state index contributed by atoms with van der Waals surface area (Å²) in [6.07, 6.45) is 5.94. The minimum absolute atomic E-state index is 0.0117. The molecular weight excluding hydrogens is 378 g/mol. The number of anilines is 1. The number of piperidine rings is 1. The zero-order valence-electron chi connectivity index (χ0n) is 17.0. The van der Waals surface area contributed by atoms with Crippen LogP contribution in [0.3, 0.4) is 0 Å². The number of carbonyl (C=O) groups is 2. The van der Waals surface area contributed by atoms with Gasteiger partial charge in [0, 0.05) is 36.3 Å². The Morgan fingerprint density at radius 3 is 2.63 bits per heavy atom. The Morgan fingerprint density at radius 2 is 1.90 bits per heavy atom.